The molecule has 2 N–H and O–H groups in total. The third kappa shape index (κ3) is 5.19. The standard InChI is InChI=1S/C22H20N2O3/c1-16-8-5-6-13-20(16)27-15-21(25)23-18-11-7-12-19(14-18)24-22(26)17-9-3-2-4-10-17/h2-14H,15H2,1H3,(H,23,25)(H,24,26). The van der Waals surface area contributed by atoms with Crippen LogP contribution in [-0.4, -0.2) is 18.4 Å². The van der Waals surface area contributed by atoms with E-state index in [1.54, 1.807) is 48.5 Å². The number of aryl methyl sites for hydroxylation is 1. The van der Waals surface area contributed by atoms with Gasteiger partial charge in [0.1, 0.15) is 5.75 Å². The van der Waals surface area contributed by atoms with Crippen LogP contribution in [0.15, 0.2) is 78.9 Å². The Balaban J connectivity index is 1.58. The number of anilines is 2. The van der Waals surface area contributed by atoms with E-state index in [1.165, 1.54) is 0 Å². The maximum absolute atomic E-state index is 12.2. The van der Waals surface area contributed by atoms with E-state index in [-0.39, 0.29) is 18.4 Å². The largest absolute Gasteiger partial charge is 0.483 e. The average Bonchev–Trinajstić information content (AvgIpc) is 2.68. The third-order valence-electron chi connectivity index (χ3n) is 3.89. The van der Waals surface area contributed by atoms with E-state index in [0.29, 0.717) is 22.7 Å². The molecule has 0 aromatic heterocycles. The van der Waals surface area contributed by atoms with Gasteiger partial charge in [-0.05, 0) is 48.9 Å². The Labute approximate surface area is 158 Å². The van der Waals surface area contributed by atoms with Gasteiger partial charge in [0.2, 0.25) is 0 Å². The lowest BCUT2D eigenvalue weighted by Gasteiger charge is -2.11. The van der Waals surface area contributed by atoms with E-state index < -0.39 is 0 Å². The van der Waals surface area contributed by atoms with Crippen LogP contribution in [0, 0.1) is 6.92 Å². The van der Waals surface area contributed by atoms with E-state index in [4.69, 9.17) is 4.74 Å². The Kier molecular flexibility index (Phi) is 5.84. The van der Waals surface area contributed by atoms with Crippen molar-refractivity contribution in [3.05, 3.63) is 90.0 Å². The number of carbonyl (C=O) groups excluding carboxylic acids is 2. The Bertz CT molecular complexity index is 939. The molecular formula is C22H20N2O3. The molecule has 0 aliphatic rings. The molecule has 5 heteroatoms. The van der Waals surface area contributed by atoms with E-state index in [1.807, 2.05) is 37.3 Å². The Morgan fingerprint density at radius 3 is 2.22 bits per heavy atom. The lowest BCUT2D eigenvalue weighted by Crippen LogP contribution is -2.20. The van der Waals surface area contributed by atoms with Crippen LogP contribution in [0.4, 0.5) is 11.4 Å². The zero-order valence-electron chi connectivity index (χ0n) is 14.9. The molecule has 0 fully saturated rings. The average molecular weight is 360 g/mol. The molecule has 0 aliphatic heterocycles. The molecule has 0 heterocycles. The molecular weight excluding hydrogens is 340 g/mol. The molecule has 27 heavy (non-hydrogen) atoms. The summed E-state index contributed by atoms with van der Waals surface area (Å²) in [7, 11) is 0. The fourth-order valence-electron chi connectivity index (χ4n) is 2.53. The van der Waals surface area contributed by atoms with Crippen molar-refractivity contribution in [3.63, 3.8) is 0 Å². The number of ether oxygens (including phenoxy) is 1. The zero-order chi connectivity index (χ0) is 19.1. The van der Waals surface area contributed by atoms with Crippen LogP contribution in [0.25, 0.3) is 0 Å². The summed E-state index contributed by atoms with van der Waals surface area (Å²) in [6.45, 7) is 1.83. The maximum atomic E-state index is 12.2. The molecule has 0 radical (unpaired) electrons. The van der Waals surface area contributed by atoms with Gasteiger partial charge in [0, 0.05) is 16.9 Å². The van der Waals surface area contributed by atoms with Crippen molar-refractivity contribution in [2.75, 3.05) is 17.2 Å². The summed E-state index contributed by atoms with van der Waals surface area (Å²) in [5.74, 6) is 0.197. The molecule has 0 unspecified atom stereocenters. The third-order valence-corrected chi connectivity index (χ3v) is 3.89. The van der Waals surface area contributed by atoms with Gasteiger partial charge in [0.25, 0.3) is 11.8 Å². The first kappa shape index (κ1) is 18.2. The smallest absolute Gasteiger partial charge is 0.262 e. The van der Waals surface area contributed by atoms with Crippen LogP contribution >= 0.6 is 0 Å². The number of rotatable bonds is 6. The fraction of sp³-hybridized carbons (Fsp3) is 0.0909. The lowest BCUT2D eigenvalue weighted by atomic mass is 10.2. The van der Waals surface area contributed by atoms with E-state index in [9.17, 15) is 9.59 Å². The SMILES string of the molecule is Cc1ccccc1OCC(=O)Nc1cccc(NC(=O)c2ccccc2)c1. The van der Waals surface area contributed by atoms with Crippen LogP contribution in [0.2, 0.25) is 0 Å². The molecule has 0 saturated heterocycles. The highest BCUT2D eigenvalue weighted by atomic mass is 16.5. The summed E-state index contributed by atoms with van der Waals surface area (Å²) in [5.41, 5.74) is 2.72. The second-order valence-corrected chi connectivity index (χ2v) is 6.00. The number of amides is 2. The van der Waals surface area contributed by atoms with Crippen molar-refractivity contribution in [1.82, 2.24) is 0 Å². The highest BCUT2D eigenvalue weighted by Gasteiger charge is 2.08. The quantitative estimate of drug-likeness (QED) is 0.690. The normalized spacial score (nSPS) is 10.1. The summed E-state index contributed by atoms with van der Waals surface area (Å²) < 4.78 is 5.54. The van der Waals surface area contributed by atoms with Gasteiger partial charge < -0.3 is 15.4 Å². The first-order valence-corrected chi connectivity index (χ1v) is 8.56. The summed E-state index contributed by atoms with van der Waals surface area (Å²) in [4.78, 5) is 24.3. The minimum Gasteiger partial charge on any atom is -0.483 e. The zero-order valence-corrected chi connectivity index (χ0v) is 14.9. The molecule has 0 saturated carbocycles. The van der Waals surface area contributed by atoms with Gasteiger partial charge in [-0.25, -0.2) is 0 Å². The van der Waals surface area contributed by atoms with Crippen LogP contribution < -0.4 is 15.4 Å². The van der Waals surface area contributed by atoms with Crippen molar-refractivity contribution < 1.29 is 14.3 Å². The molecule has 5 nitrogen and oxygen atoms in total. The number of hydrogen-bond donors (Lipinski definition) is 2. The first-order valence-electron chi connectivity index (χ1n) is 8.56. The molecule has 136 valence electrons. The van der Waals surface area contributed by atoms with Gasteiger partial charge >= 0.3 is 0 Å². The molecule has 0 atom stereocenters. The summed E-state index contributed by atoms with van der Waals surface area (Å²) in [6.07, 6.45) is 0. The van der Waals surface area contributed by atoms with E-state index in [0.717, 1.165) is 5.56 Å². The second-order valence-electron chi connectivity index (χ2n) is 6.00. The summed E-state index contributed by atoms with van der Waals surface area (Å²) in [5, 5.41) is 5.59. The molecule has 3 aromatic carbocycles. The van der Waals surface area contributed by atoms with Crippen molar-refractivity contribution in [1.29, 1.82) is 0 Å². The van der Waals surface area contributed by atoms with Crippen molar-refractivity contribution in [2.24, 2.45) is 0 Å². The van der Waals surface area contributed by atoms with Gasteiger partial charge in [-0.2, -0.15) is 0 Å². The molecule has 0 spiro atoms. The van der Waals surface area contributed by atoms with Gasteiger partial charge in [0.15, 0.2) is 6.61 Å². The van der Waals surface area contributed by atoms with Crippen molar-refractivity contribution in [3.8, 4) is 5.75 Å². The van der Waals surface area contributed by atoms with Gasteiger partial charge in [-0.15, -0.1) is 0 Å². The minimum atomic E-state index is -0.273. The minimum absolute atomic E-state index is 0.0918. The highest BCUT2D eigenvalue weighted by Crippen LogP contribution is 2.18. The van der Waals surface area contributed by atoms with Crippen LogP contribution in [-0.2, 0) is 4.79 Å². The monoisotopic (exact) mass is 360 g/mol. The van der Waals surface area contributed by atoms with Crippen LogP contribution in [0.1, 0.15) is 15.9 Å². The first-order chi connectivity index (χ1) is 13.1. The Morgan fingerprint density at radius 1 is 0.815 bits per heavy atom. The predicted molar refractivity (Wildman–Crippen MR) is 106 cm³/mol. The predicted octanol–water partition coefficient (Wildman–Crippen LogP) is 4.26. The fourth-order valence-corrected chi connectivity index (χ4v) is 2.53. The number of benzene rings is 3. The molecule has 3 rings (SSSR count). The van der Waals surface area contributed by atoms with E-state index >= 15 is 0 Å². The van der Waals surface area contributed by atoms with Gasteiger partial charge in [-0.3, -0.25) is 9.59 Å². The number of carbonyl (C=O) groups is 2. The molecule has 0 bridgehead atoms. The van der Waals surface area contributed by atoms with Crippen LogP contribution in [0.5, 0.6) is 5.75 Å². The Morgan fingerprint density at radius 2 is 1.48 bits per heavy atom. The van der Waals surface area contributed by atoms with Crippen LogP contribution in [0.3, 0.4) is 0 Å². The second kappa shape index (κ2) is 8.67. The number of para-hydroxylation sites is 1. The van der Waals surface area contributed by atoms with Crippen molar-refractivity contribution in [2.45, 2.75) is 6.92 Å². The maximum Gasteiger partial charge on any atom is 0.262 e. The van der Waals surface area contributed by atoms with E-state index in [2.05, 4.69) is 10.6 Å². The number of nitrogens with one attached hydrogen (secondary N) is 2. The Hall–Kier alpha value is -3.60. The lowest BCUT2D eigenvalue weighted by molar-refractivity contribution is -0.118. The molecule has 2 amide bonds. The molecule has 0 aliphatic carbocycles. The summed E-state index contributed by atoms with van der Waals surface area (Å²) >= 11 is 0. The summed E-state index contributed by atoms with van der Waals surface area (Å²) in [6, 6.07) is 23.4. The number of hydrogen-bond acceptors (Lipinski definition) is 3. The highest BCUT2D eigenvalue weighted by molar-refractivity contribution is 6.04. The van der Waals surface area contributed by atoms with Gasteiger partial charge in [0.05, 0.1) is 0 Å². The molecule has 3 aromatic rings. The topological polar surface area (TPSA) is 67.4 Å². The van der Waals surface area contributed by atoms with Gasteiger partial charge in [-0.1, -0.05) is 42.5 Å². The van der Waals surface area contributed by atoms with Crippen molar-refractivity contribution >= 4 is 23.2 Å².